The summed E-state index contributed by atoms with van der Waals surface area (Å²) in [4.78, 5) is 13.3. The zero-order valence-electron chi connectivity index (χ0n) is 16.3. The van der Waals surface area contributed by atoms with Crippen molar-refractivity contribution in [2.45, 2.75) is 25.3 Å². The van der Waals surface area contributed by atoms with Crippen LogP contribution in [0.15, 0.2) is 89.4 Å². The van der Waals surface area contributed by atoms with Gasteiger partial charge < -0.3 is 5.32 Å². The number of rotatable bonds is 7. The minimum absolute atomic E-state index is 0.207. The Morgan fingerprint density at radius 2 is 1.48 bits per heavy atom. The van der Waals surface area contributed by atoms with Crippen molar-refractivity contribution >= 4 is 21.8 Å². The SMILES string of the molecule is CCC[C@H](C#N)C(NC(=O)c1ccc(Br)cc1)(c1ccccc1)c1ccccc1. The molecule has 3 rings (SSSR count). The van der Waals surface area contributed by atoms with Crippen molar-refractivity contribution < 1.29 is 4.79 Å². The maximum Gasteiger partial charge on any atom is 0.252 e. The van der Waals surface area contributed by atoms with Crippen LogP contribution in [0.3, 0.4) is 0 Å². The van der Waals surface area contributed by atoms with E-state index < -0.39 is 11.5 Å². The summed E-state index contributed by atoms with van der Waals surface area (Å²) in [6.45, 7) is 2.06. The Kier molecular flexibility index (Phi) is 6.85. The lowest BCUT2D eigenvalue weighted by atomic mass is 9.71. The number of nitriles is 1. The molecule has 1 amide bonds. The van der Waals surface area contributed by atoms with Crippen LogP contribution in [-0.2, 0) is 5.54 Å². The fourth-order valence-corrected chi connectivity index (χ4v) is 3.99. The van der Waals surface area contributed by atoms with E-state index in [1.54, 1.807) is 12.1 Å². The van der Waals surface area contributed by atoms with Crippen molar-refractivity contribution in [3.05, 3.63) is 106 Å². The molecule has 29 heavy (non-hydrogen) atoms. The van der Waals surface area contributed by atoms with Gasteiger partial charge in [0.05, 0.1) is 12.0 Å². The summed E-state index contributed by atoms with van der Waals surface area (Å²) >= 11 is 3.41. The predicted octanol–water partition coefficient (Wildman–Crippen LogP) is 6.06. The molecule has 3 nitrogen and oxygen atoms in total. The third-order valence-electron chi connectivity index (χ3n) is 5.13. The smallest absolute Gasteiger partial charge is 0.252 e. The maximum atomic E-state index is 13.3. The highest BCUT2D eigenvalue weighted by Crippen LogP contribution is 2.39. The van der Waals surface area contributed by atoms with Gasteiger partial charge in [0.1, 0.15) is 5.54 Å². The number of nitrogens with zero attached hydrogens (tertiary/aromatic N) is 1. The number of halogens is 1. The Bertz CT molecular complexity index is 939. The van der Waals surface area contributed by atoms with E-state index >= 15 is 0 Å². The largest absolute Gasteiger partial charge is 0.337 e. The third-order valence-corrected chi connectivity index (χ3v) is 5.66. The van der Waals surface area contributed by atoms with Gasteiger partial charge in [-0.3, -0.25) is 4.79 Å². The van der Waals surface area contributed by atoms with Gasteiger partial charge in [-0.05, 0) is 41.8 Å². The number of carbonyl (C=O) groups is 1. The minimum Gasteiger partial charge on any atom is -0.337 e. The van der Waals surface area contributed by atoms with Crippen LogP contribution in [0.4, 0.5) is 0 Å². The van der Waals surface area contributed by atoms with E-state index in [2.05, 4.69) is 34.2 Å². The molecule has 0 fully saturated rings. The second-order valence-electron chi connectivity index (χ2n) is 6.97. The van der Waals surface area contributed by atoms with E-state index in [-0.39, 0.29) is 5.91 Å². The number of hydrogen-bond acceptors (Lipinski definition) is 2. The molecule has 3 aromatic carbocycles. The van der Waals surface area contributed by atoms with Crippen LogP contribution in [0.25, 0.3) is 0 Å². The molecule has 0 radical (unpaired) electrons. The molecule has 0 aromatic heterocycles. The molecule has 3 aromatic rings. The van der Waals surface area contributed by atoms with Gasteiger partial charge >= 0.3 is 0 Å². The number of amides is 1. The quantitative estimate of drug-likeness (QED) is 0.479. The van der Waals surface area contributed by atoms with Crippen LogP contribution in [0.5, 0.6) is 0 Å². The van der Waals surface area contributed by atoms with E-state index in [1.165, 1.54) is 0 Å². The first-order chi connectivity index (χ1) is 14.1. The summed E-state index contributed by atoms with van der Waals surface area (Å²) in [7, 11) is 0. The molecule has 146 valence electrons. The summed E-state index contributed by atoms with van der Waals surface area (Å²) in [5.74, 6) is -0.627. The summed E-state index contributed by atoms with van der Waals surface area (Å²) in [6.07, 6.45) is 1.51. The molecule has 0 unspecified atom stereocenters. The second kappa shape index (κ2) is 9.54. The van der Waals surface area contributed by atoms with Crippen molar-refractivity contribution in [3.8, 4) is 6.07 Å². The molecule has 0 aliphatic carbocycles. The molecule has 1 atom stereocenters. The average molecular weight is 447 g/mol. The van der Waals surface area contributed by atoms with E-state index in [0.717, 1.165) is 22.0 Å². The van der Waals surface area contributed by atoms with Crippen LogP contribution in [-0.4, -0.2) is 5.91 Å². The van der Waals surface area contributed by atoms with Crippen molar-refractivity contribution in [3.63, 3.8) is 0 Å². The van der Waals surface area contributed by atoms with Gasteiger partial charge in [-0.2, -0.15) is 5.26 Å². The first-order valence-corrected chi connectivity index (χ1v) is 10.5. The highest BCUT2D eigenvalue weighted by atomic mass is 79.9. The molecule has 0 aliphatic rings. The monoisotopic (exact) mass is 446 g/mol. The lowest BCUT2D eigenvalue weighted by Crippen LogP contribution is -2.51. The summed E-state index contributed by atoms with van der Waals surface area (Å²) in [6, 6.07) is 29.3. The number of hydrogen-bond donors (Lipinski definition) is 1. The van der Waals surface area contributed by atoms with E-state index in [4.69, 9.17) is 0 Å². The molecule has 4 heteroatoms. The Balaban J connectivity index is 2.19. The molecule has 0 aliphatic heterocycles. The van der Waals surface area contributed by atoms with Crippen LogP contribution >= 0.6 is 15.9 Å². The highest BCUT2D eigenvalue weighted by molar-refractivity contribution is 9.10. The van der Waals surface area contributed by atoms with Crippen LogP contribution in [0.2, 0.25) is 0 Å². The van der Waals surface area contributed by atoms with Gasteiger partial charge in [-0.15, -0.1) is 0 Å². The van der Waals surface area contributed by atoms with Crippen molar-refractivity contribution in [2.24, 2.45) is 5.92 Å². The van der Waals surface area contributed by atoms with Crippen LogP contribution in [0.1, 0.15) is 41.3 Å². The van der Waals surface area contributed by atoms with E-state index in [9.17, 15) is 10.1 Å². The van der Waals surface area contributed by atoms with E-state index in [0.29, 0.717) is 12.0 Å². The van der Waals surface area contributed by atoms with Crippen LogP contribution < -0.4 is 5.32 Å². The standard InChI is InChI=1S/C25H23BrN2O/c1-2-9-22(18-27)25(20-10-5-3-6-11-20,21-12-7-4-8-13-21)28-24(29)19-14-16-23(26)17-15-19/h3-8,10-17,22H,2,9H2,1H3,(H,28,29)/t22-/m1/s1. The zero-order chi connectivity index (χ0) is 20.7. The average Bonchev–Trinajstić information content (AvgIpc) is 2.77. The molecule has 0 spiro atoms. The van der Waals surface area contributed by atoms with Gasteiger partial charge in [-0.1, -0.05) is 89.9 Å². The van der Waals surface area contributed by atoms with E-state index in [1.807, 2.05) is 72.8 Å². The number of nitrogens with one attached hydrogen (secondary N) is 1. The number of benzene rings is 3. The predicted molar refractivity (Wildman–Crippen MR) is 119 cm³/mol. The molecule has 0 bridgehead atoms. The van der Waals surface area contributed by atoms with Crippen LogP contribution in [0, 0.1) is 17.2 Å². The fraction of sp³-hybridized carbons (Fsp3) is 0.200. The Hall–Kier alpha value is -2.90. The topological polar surface area (TPSA) is 52.9 Å². The van der Waals surface area contributed by atoms with Gasteiger partial charge in [-0.25, -0.2) is 0 Å². The zero-order valence-corrected chi connectivity index (χ0v) is 17.9. The summed E-state index contributed by atoms with van der Waals surface area (Å²) in [5, 5.41) is 13.4. The molecule has 0 saturated carbocycles. The van der Waals surface area contributed by atoms with Gasteiger partial charge in [0, 0.05) is 10.0 Å². The Labute approximate surface area is 180 Å². The highest BCUT2D eigenvalue weighted by Gasteiger charge is 2.43. The first-order valence-electron chi connectivity index (χ1n) is 9.70. The minimum atomic E-state index is -0.947. The Morgan fingerprint density at radius 1 is 0.966 bits per heavy atom. The lowest BCUT2D eigenvalue weighted by Gasteiger charge is -2.39. The first kappa shape index (κ1) is 20.8. The van der Waals surface area contributed by atoms with Gasteiger partial charge in [0.2, 0.25) is 0 Å². The van der Waals surface area contributed by atoms with Crippen molar-refractivity contribution in [1.82, 2.24) is 5.32 Å². The van der Waals surface area contributed by atoms with Crippen molar-refractivity contribution in [1.29, 1.82) is 5.26 Å². The molecule has 0 saturated heterocycles. The lowest BCUT2D eigenvalue weighted by molar-refractivity contribution is 0.0892. The number of carbonyl (C=O) groups excluding carboxylic acids is 1. The third kappa shape index (κ3) is 4.41. The summed E-state index contributed by atoms with van der Waals surface area (Å²) in [5.41, 5.74) is 1.41. The van der Waals surface area contributed by atoms with Gasteiger partial charge in [0.25, 0.3) is 5.91 Å². The Morgan fingerprint density at radius 3 is 1.93 bits per heavy atom. The second-order valence-corrected chi connectivity index (χ2v) is 7.89. The maximum absolute atomic E-state index is 13.3. The molecular formula is C25H23BrN2O. The normalized spacial score (nSPS) is 12.0. The molecule has 0 heterocycles. The van der Waals surface area contributed by atoms with Gasteiger partial charge in [0.15, 0.2) is 0 Å². The fourth-order valence-electron chi connectivity index (χ4n) is 3.72. The molecular weight excluding hydrogens is 424 g/mol. The summed E-state index contributed by atoms with van der Waals surface area (Å²) < 4.78 is 0.910. The molecule has 1 N–H and O–H groups in total. The van der Waals surface area contributed by atoms with Crippen molar-refractivity contribution in [2.75, 3.05) is 0 Å².